The number of rotatable bonds is 5. The largest absolute Gasteiger partial charge is 0.483 e. The smallest absolute Gasteiger partial charge is 0.325 e. The highest BCUT2D eigenvalue weighted by atomic mass is 16.5. The number of carboxylic acids is 1. The van der Waals surface area contributed by atoms with Crippen LogP contribution in [-0.2, 0) is 15.0 Å². The maximum absolute atomic E-state index is 11.6. The number of carbonyl (C=O) groups is 2. The van der Waals surface area contributed by atoms with E-state index in [0.717, 1.165) is 5.56 Å². The Morgan fingerprint density at radius 3 is 2.45 bits per heavy atom. The molecule has 2 N–H and O–H groups in total. The maximum Gasteiger partial charge on any atom is 0.325 e. The molecule has 0 aliphatic carbocycles. The number of hydrogen-bond acceptors (Lipinski definition) is 3. The van der Waals surface area contributed by atoms with Crippen LogP contribution in [0.3, 0.4) is 0 Å². The third-order valence-corrected chi connectivity index (χ3v) is 2.80. The molecule has 0 radical (unpaired) electrons. The summed E-state index contributed by atoms with van der Waals surface area (Å²) >= 11 is 0. The van der Waals surface area contributed by atoms with Crippen LogP contribution in [0.25, 0.3) is 0 Å². The molecule has 1 rings (SSSR count). The van der Waals surface area contributed by atoms with Crippen LogP contribution in [-0.4, -0.2) is 29.6 Å². The van der Waals surface area contributed by atoms with Crippen LogP contribution in [0.5, 0.6) is 5.75 Å². The Balaban J connectivity index is 2.67. The Bertz CT molecular complexity index is 491. The third kappa shape index (κ3) is 4.57. The Hall–Kier alpha value is -2.04. The van der Waals surface area contributed by atoms with E-state index in [1.54, 1.807) is 6.07 Å². The average Bonchev–Trinajstić information content (AvgIpc) is 2.35. The third-order valence-electron chi connectivity index (χ3n) is 2.80. The van der Waals surface area contributed by atoms with E-state index in [1.807, 2.05) is 18.2 Å². The summed E-state index contributed by atoms with van der Waals surface area (Å²) in [6.45, 7) is 7.37. The van der Waals surface area contributed by atoms with E-state index in [-0.39, 0.29) is 12.0 Å². The van der Waals surface area contributed by atoms with Crippen molar-refractivity contribution in [2.24, 2.45) is 0 Å². The summed E-state index contributed by atoms with van der Waals surface area (Å²) < 4.78 is 5.50. The number of amides is 1. The number of para-hydroxylation sites is 1. The molecule has 0 saturated carbocycles. The second kappa shape index (κ2) is 6.41. The summed E-state index contributed by atoms with van der Waals surface area (Å²) in [4.78, 5) is 22.2. The Kier molecular flexibility index (Phi) is 5.13. The fourth-order valence-corrected chi connectivity index (χ4v) is 1.70. The van der Waals surface area contributed by atoms with Gasteiger partial charge in [-0.3, -0.25) is 9.59 Å². The Morgan fingerprint density at radius 2 is 1.90 bits per heavy atom. The predicted molar refractivity (Wildman–Crippen MR) is 75.9 cm³/mol. The van der Waals surface area contributed by atoms with E-state index in [4.69, 9.17) is 9.84 Å². The van der Waals surface area contributed by atoms with Crippen molar-refractivity contribution in [3.63, 3.8) is 0 Å². The molecule has 0 fully saturated rings. The molecule has 1 aromatic carbocycles. The summed E-state index contributed by atoms with van der Waals surface area (Å²) in [6, 6.07) is 6.58. The molecule has 0 unspecified atom stereocenters. The minimum Gasteiger partial charge on any atom is -0.483 e. The molecule has 5 nitrogen and oxygen atoms in total. The number of hydrogen-bond donors (Lipinski definition) is 2. The number of carbonyl (C=O) groups excluding carboxylic acids is 1. The fraction of sp³-hybridized carbons (Fsp3) is 0.467. The summed E-state index contributed by atoms with van der Waals surface area (Å²) in [7, 11) is 0. The van der Waals surface area contributed by atoms with Gasteiger partial charge in [0, 0.05) is 0 Å². The summed E-state index contributed by atoms with van der Waals surface area (Å²) in [6.07, 6.45) is 0. The molecular weight excluding hydrogens is 258 g/mol. The van der Waals surface area contributed by atoms with Crippen LogP contribution in [0.4, 0.5) is 0 Å². The van der Waals surface area contributed by atoms with Crippen LogP contribution in [0.1, 0.15) is 33.3 Å². The van der Waals surface area contributed by atoms with E-state index >= 15 is 0 Å². The zero-order valence-electron chi connectivity index (χ0n) is 12.3. The molecular formula is C15H21NO4. The maximum atomic E-state index is 11.6. The van der Waals surface area contributed by atoms with Crippen molar-refractivity contribution in [1.29, 1.82) is 0 Å². The van der Waals surface area contributed by atoms with Gasteiger partial charge in [-0.15, -0.1) is 0 Å². The minimum atomic E-state index is -1.08. The van der Waals surface area contributed by atoms with Gasteiger partial charge >= 0.3 is 5.97 Å². The number of aliphatic carboxylic acids is 1. The first-order chi connectivity index (χ1) is 9.21. The van der Waals surface area contributed by atoms with E-state index in [0.29, 0.717) is 5.75 Å². The number of carboxylic acid groups (broad SMARTS) is 1. The van der Waals surface area contributed by atoms with E-state index in [1.165, 1.54) is 6.92 Å². The summed E-state index contributed by atoms with van der Waals surface area (Å²) in [5, 5.41) is 11.1. The highest BCUT2D eigenvalue weighted by Gasteiger charge is 2.19. The lowest BCUT2D eigenvalue weighted by molar-refractivity contribution is -0.141. The van der Waals surface area contributed by atoms with E-state index in [2.05, 4.69) is 26.1 Å². The van der Waals surface area contributed by atoms with Gasteiger partial charge in [-0.05, 0) is 24.0 Å². The molecule has 0 aromatic heterocycles. The van der Waals surface area contributed by atoms with Gasteiger partial charge in [-0.2, -0.15) is 0 Å². The standard InChI is InChI=1S/C15H21NO4/c1-10(14(18)19)16-13(17)9-20-12-8-6-5-7-11(12)15(2,3)4/h5-8,10H,9H2,1-4H3,(H,16,17)(H,18,19)/t10-/m1/s1. The Labute approximate surface area is 118 Å². The number of benzene rings is 1. The molecule has 0 aliphatic heterocycles. The fourth-order valence-electron chi connectivity index (χ4n) is 1.70. The van der Waals surface area contributed by atoms with Crippen molar-refractivity contribution in [2.45, 2.75) is 39.2 Å². The van der Waals surface area contributed by atoms with Gasteiger partial charge in [0.25, 0.3) is 5.91 Å². The van der Waals surface area contributed by atoms with Crippen LogP contribution < -0.4 is 10.1 Å². The number of nitrogens with one attached hydrogen (secondary N) is 1. The van der Waals surface area contributed by atoms with Crippen LogP contribution in [0, 0.1) is 0 Å². The zero-order chi connectivity index (χ0) is 15.3. The second-order valence-corrected chi connectivity index (χ2v) is 5.66. The molecule has 1 aromatic rings. The van der Waals surface area contributed by atoms with Gasteiger partial charge < -0.3 is 15.2 Å². The monoisotopic (exact) mass is 279 g/mol. The van der Waals surface area contributed by atoms with Crippen molar-refractivity contribution in [2.75, 3.05) is 6.61 Å². The SMILES string of the molecule is C[C@@H](NC(=O)COc1ccccc1C(C)(C)C)C(=O)O. The van der Waals surface area contributed by atoms with Crippen molar-refractivity contribution >= 4 is 11.9 Å². The highest BCUT2D eigenvalue weighted by Crippen LogP contribution is 2.30. The lowest BCUT2D eigenvalue weighted by Gasteiger charge is -2.22. The van der Waals surface area contributed by atoms with Gasteiger partial charge in [-0.25, -0.2) is 0 Å². The van der Waals surface area contributed by atoms with Crippen LogP contribution in [0.15, 0.2) is 24.3 Å². The van der Waals surface area contributed by atoms with E-state index < -0.39 is 17.9 Å². The lowest BCUT2D eigenvalue weighted by Crippen LogP contribution is -2.40. The highest BCUT2D eigenvalue weighted by molar-refractivity contribution is 5.84. The lowest BCUT2D eigenvalue weighted by atomic mass is 9.86. The predicted octanol–water partition coefficient (Wildman–Crippen LogP) is 1.95. The summed E-state index contributed by atoms with van der Waals surface area (Å²) in [5.41, 5.74) is 0.903. The molecule has 0 bridgehead atoms. The van der Waals surface area contributed by atoms with Gasteiger partial charge in [0.1, 0.15) is 11.8 Å². The molecule has 110 valence electrons. The Morgan fingerprint density at radius 1 is 1.30 bits per heavy atom. The zero-order valence-corrected chi connectivity index (χ0v) is 12.3. The van der Waals surface area contributed by atoms with Crippen molar-refractivity contribution in [3.05, 3.63) is 29.8 Å². The first-order valence-corrected chi connectivity index (χ1v) is 6.46. The second-order valence-electron chi connectivity index (χ2n) is 5.66. The molecule has 0 heterocycles. The van der Waals surface area contributed by atoms with Gasteiger partial charge in [-0.1, -0.05) is 39.0 Å². The quantitative estimate of drug-likeness (QED) is 0.864. The summed E-state index contributed by atoms with van der Waals surface area (Å²) in [5.74, 6) is -0.893. The average molecular weight is 279 g/mol. The molecule has 0 saturated heterocycles. The topological polar surface area (TPSA) is 75.6 Å². The minimum absolute atomic E-state index is 0.0958. The van der Waals surface area contributed by atoms with Crippen molar-refractivity contribution in [3.8, 4) is 5.75 Å². The number of ether oxygens (including phenoxy) is 1. The van der Waals surface area contributed by atoms with Crippen molar-refractivity contribution in [1.82, 2.24) is 5.32 Å². The molecule has 0 aliphatic rings. The van der Waals surface area contributed by atoms with Crippen molar-refractivity contribution < 1.29 is 19.4 Å². The van der Waals surface area contributed by atoms with Gasteiger partial charge in [0.2, 0.25) is 0 Å². The van der Waals surface area contributed by atoms with Crippen LogP contribution >= 0.6 is 0 Å². The first-order valence-electron chi connectivity index (χ1n) is 6.46. The molecule has 0 spiro atoms. The van der Waals surface area contributed by atoms with Gasteiger partial charge in [0.15, 0.2) is 6.61 Å². The van der Waals surface area contributed by atoms with Gasteiger partial charge in [0.05, 0.1) is 0 Å². The first kappa shape index (κ1) is 16.0. The van der Waals surface area contributed by atoms with Crippen LogP contribution in [0.2, 0.25) is 0 Å². The molecule has 20 heavy (non-hydrogen) atoms. The van der Waals surface area contributed by atoms with E-state index in [9.17, 15) is 9.59 Å². The normalized spacial score (nSPS) is 12.6. The molecule has 1 amide bonds. The molecule has 5 heteroatoms. The molecule has 1 atom stereocenters.